The summed E-state index contributed by atoms with van der Waals surface area (Å²) in [4.78, 5) is 13.3. The lowest BCUT2D eigenvalue weighted by atomic mass is 10.3. The number of unbranched alkanes of at least 4 members (excludes halogenated alkanes) is 1. The maximum atomic E-state index is 12.5. The molecule has 1 aliphatic heterocycles. The van der Waals surface area contributed by atoms with Crippen molar-refractivity contribution in [1.29, 1.82) is 0 Å². The van der Waals surface area contributed by atoms with Gasteiger partial charge in [0.15, 0.2) is 6.54 Å². The molecule has 0 atom stereocenters. The van der Waals surface area contributed by atoms with Crippen LogP contribution in [0, 0.1) is 0 Å². The van der Waals surface area contributed by atoms with Gasteiger partial charge in [0.05, 0.1) is 31.1 Å². The van der Waals surface area contributed by atoms with Crippen LogP contribution in [-0.2, 0) is 14.8 Å². The Labute approximate surface area is 138 Å². The smallest absolute Gasteiger partial charge is 0.275 e. The van der Waals surface area contributed by atoms with Crippen molar-refractivity contribution in [2.75, 3.05) is 39.3 Å². The number of amides is 1. The monoisotopic (exact) mass is 340 g/mol. The van der Waals surface area contributed by atoms with Crippen molar-refractivity contribution < 1.29 is 18.1 Å². The molecular formula is C16H26N3O3S+. The first-order valence-electron chi connectivity index (χ1n) is 8.19. The summed E-state index contributed by atoms with van der Waals surface area (Å²) < 4.78 is 26.6. The first-order valence-corrected chi connectivity index (χ1v) is 9.63. The van der Waals surface area contributed by atoms with Crippen LogP contribution < -0.4 is 10.2 Å². The molecule has 1 aromatic rings. The van der Waals surface area contributed by atoms with E-state index in [4.69, 9.17) is 0 Å². The van der Waals surface area contributed by atoms with E-state index in [-0.39, 0.29) is 5.91 Å². The number of hydrogen-bond donors (Lipinski definition) is 2. The van der Waals surface area contributed by atoms with Crippen LogP contribution in [0.5, 0.6) is 0 Å². The van der Waals surface area contributed by atoms with Crippen LogP contribution >= 0.6 is 0 Å². The highest BCUT2D eigenvalue weighted by Gasteiger charge is 2.30. The van der Waals surface area contributed by atoms with Gasteiger partial charge < -0.3 is 10.2 Å². The summed E-state index contributed by atoms with van der Waals surface area (Å²) >= 11 is 0. The third-order valence-electron chi connectivity index (χ3n) is 4.07. The van der Waals surface area contributed by atoms with Crippen molar-refractivity contribution >= 4 is 15.9 Å². The van der Waals surface area contributed by atoms with Crippen molar-refractivity contribution in [3.8, 4) is 0 Å². The standard InChI is InChI=1S/C16H25N3O3S/c1-2-3-9-17-16(20)14-18-10-12-19(13-11-18)23(21,22)15-7-5-4-6-8-15/h4-8H,2-3,9-14H2,1H3,(H,17,20)/p+1. The molecule has 23 heavy (non-hydrogen) atoms. The molecule has 128 valence electrons. The average Bonchev–Trinajstić information content (AvgIpc) is 2.56. The van der Waals surface area contributed by atoms with E-state index in [1.54, 1.807) is 30.3 Å². The van der Waals surface area contributed by atoms with Gasteiger partial charge in [-0.3, -0.25) is 4.79 Å². The Morgan fingerprint density at radius 1 is 1.22 bits per heavy atom. The number of quaternary nitrogens is 1. The highest BCUT2D eigenvalue weighted by Crippen LogP contribution is 2.14. The van der Waals surface area contributed by atoms with Gasteiger partial charge >= 0.3 is 0 Å². The van der Waals surface area contributed by atoms with Crippen molar-refractivity contribution in [3.05, 3.63) is 30.3 Å². The number of nitrogens with one attached hydrogen (secondary N) is 2. The molecule has 1 fully saturated rings. The van der Waals surface area contributed by atoms with Gasteiger partial charge in [0.25, 0.3) is 5.91 Å². The van der Waals surface area contributed by atoms with E-state index in [0.29, 0.717) is 37.6 Å². The molecule has 1 aliphatic rings. The molecular weight excluding hydrogens is 314 g/mol. The molecule has 6 nitrogen and oxygen atoms in total. The SMILES string of the molecule is CCCCNC(=O)C[NH+]1CCN(S(=O)(=O)c2ccccc2)CC1. The third kappa shape index (κ3) is 5.02. The molecule has 1 heterocycles. The second-order valence-corrected chi connectivity index (χ2v) is 7.79. The van der Waals surface area contributed by atoms with Crippen LogP contribution in [0.4, 0.5) is 0 Å². The fraction of sp³-hybridized carbons (Fsp3) is 0.562. The van der Waals surface area contributed by atoms with Gasteiger partial charge in [-0.25, -0.2) is 8.42 Å². The third-order valence-corrected chi connectivity index (χ3v) is 5.99. The van der Waals surface area contributed by atoms with Crippen molar-refractivity contribution in [3.63, 3.8) is 0 Å². The summed E-state index contributed by atoms with van der Waals surface area (Å²) in [7, 11) is -3.41. The highest BCUT2D eigenvalue weighted by molar-refractivity contribution is 7.89. The van der Waals surface area contributed by atoms with E-state index in [1.807, 2.05) is 0 Å². The quantitative estimate of drug-likeness (QED) is 0.657. The fourth-order valence-corrected chi connectivity index (χ4v) is 4.12. The molecule has 1 aromatic carbocycles. The minimum absolute atomic E-state index is 0.0489. The van der Waals surface area contributed by atoms with Crippen molar-refractivity contribution in [2.24, 2.45) is 0 Å². The lowest BCUT2D eigenvalue weighted by molar-refractivity contribution is -0.895. The summed E-state index contributed by atoms with van der Waals surface area (Å²) in [6, 6.07) is 8.51. The Kier molecular flexibility index (Phi) is 6.56. The average molecular weight is 340 g/mol. The Hall–Kier alpha value is -1.44. The summed E-state index contributed by atoms with van der Waals surface area (Å²) in [6.07, 6.45) is 2.05. The fourth-order valence-electron chi connectivity index (χ4n) is 2.66. The lowest BCUT2D eigenvalue weighted by Gasteiger charge is -2.31. The summed E-state index contributed by atoms with van der Waals surface area (Å²) in [5, 5.41) is 2.91. The number of nitrogens with zero attached hydrogens (tertiary/aromatic N) is 1. The minimum Gasteiger partial charge on any atom is -0.351 e. The van der Waals surface area contributed by atoms with Crippen molar-refractivity contribution in [1.82, 2.24) is 9.62 Å². The zero-order valence-electron chi connectivity index (χ0n) is 13.6. The predicted molar refractivity (Wildman–Crippen MR) is 88.7 cm³/mol. The molecule has 7 heteroatoms. The number of carbonyl (C=O) groups excluding carboxylic acids is 1. The molecule has 0 saturated carbocycles. The molecule has 1 saturated heterocycles. The molecule has 1 amide bonds. The Morgan fingerprint density at radius 3 is 2.48 bits per heavy atom. The molecule has 2 rings (SSSR count). The molecule has 0 aromatic heterocycles. The van der Waals surface area contributed by atoms with E-state index in [0.717, 1.165) is 24.3 Å². The van der Waals surface area contributed by atoms with Gasteiger partial charge in [0.2, 0.25) is 10.0 Å². The normalized spacial score (nSPS) is 17.1. The molecule has 0 unspecified atom stereocenters. The molecule has 0 aliphatic carbocycles. The molecule has 0 bridgehead atoms. The largest absolute Gasteiger partial charge is 0.351 e. The minimum atomic E-state index is -3.41. The van der Waals surface area contributed by atoms with Gasteiger partial charge in [0.1, 0.15) is 0 Å². The van der Waals surface area contributed by atoms with Gasteiger partial charge in [-0.05, 0) is 18.6 Å². The summed E-state index contributed by atoms with van der Waals surface area (Å²) in [5.41, 5.74) is 0. The van der Waals surface area contributed by atoms with Crippen LogP contribution in [0.1, 0.15) is 19.8 Å². The number of sulfonamides is 1. The molecule has 2 N–H and O–H groups in total. The molecule has 0 radical (unpaired) electrons. The topological polar surface area (TPSA) is 70.9 Å². The van der Waals surface area contributed by atoms with Crippen LogP contribution in [-0.4, -0.2) is 57.9 Å². The zero-order chi connectivity index (χ0) is 16.7. The van der Waals surface area contributed by atoms with Crippen molar-refractivity contribution in [2.45, 2.75) is 24.7 Å². The highest BCUT2D eigenvalue weighted by atomic mass is 32.2. The Balaban J connectivity index is 1.83. The van der Waals surface area contributed by atoms with Gasteiger partial charge in [-0.1, -0.05) is 31.5 Å². The lowest BCUT2D eigenvalue weighted by Crippen LogP contribution is -3.15. The first kappa shape index (κ1) is 17.9. The predicted octanol–water partition coefficient (Wildman–Crippen LogP) is -0.508. The van der Waals surface area contributed by atoms with E-state index in [9.17, 15) is 13.2 Å². The number of hydrogen-bond acceptors (Lipinski definition) is 3. The first-order chi connectivity index (χ1) is 11.0. The van der Waals surface area contributed by atoms with Crippen LogP contribution in [0.15, 0.2) is 35.2 Å². The second kappa shape index (κ2) is 8.42. The van der Waals surface area contributed by atoms with E-state index >= 15 is 0 Å². The number of carbonyl (C=O) groups is 1. The van der Waals surface area contributed by atoms with E-state index in [2.05, 4.69) is 12.2 Å². The number of rotatable bonds is 7. The van der Waals surface area contributed by atoms with Crippen LogP contribution in [0.2, 0.25) is 0 Å². The zero-order valence-corrected chi connectivity index (χ0v) is 14.4. The summed E-state index contributed by atoms with van der Waals surface area (Å²) in [5.74, 6) is 0.0489. The van der Waals surface area contributed by atoms with Gasteiger partial charge in [0, 0.05) is 6.54 Å². The van der Waals surface area contributed by atoms with Crippen LogP contribution in [0.3, 0.4) is 0 Å². The Bertz CT molecular complexity index is 596. The van der Waals surface area contributed by atoms with Gasteiger partial charge in [-0.2, -0.15) is 4.31 Å². The maximum Gasteiger partial charge on any atom is 0.275 e. The van der Waals surface area contributed by atoms with Gasteiger partial charge in [-0.15, -0.1) is 0 Å². The van der Waals surface area contributed by atoms with E-state index in [1.165, 1.54) is 4.31 Å². The number of piperazine rings is 1. The number of benzene rings is 1. The maximum absolute atomic E-state index is 12.5. The van der Waals surface area contributed by atoms with E-state index < -0.39 is 10.0 Å². The Morgan fingerprint density at radius 2 is 1.87 bits per heavy atom. The van der Waals surface area contributed by atoms with Crippen LogP contribution in [0.25, 0.3) is 0 Å². The second-order valence-electron chi connectivity index (χ2n) is 5.85. The summed E-state index contributed by atoms with van der Waals surface area (Å²) in [6.45, 7) is 5.45. The molecule has 0 spiro atoms.